The minimum atomic E-state index is 0.156. The molecule has 2 fully saturated rings. The summed E-state index contributed by atoms with van der Waals surface area (Å²) in [6.45, 7) is 8.56. The minimum absolute atomic E-state index is 0.156. The Morgan fingerprint density at radius 2 is 1.85 bits per heavy atom. The average molecular weight is 351 g/mol. The van der Waals surface area contributed by atoms with Crippen molar-refractivity contribution in [3.8, 4) is 0 Å². The van der Waals surface area contributed by atoms with Crippen molar-refractivity contribution in [3.05, 3.63) is 65.5 Å². The molecule has 1 atom stereocenters. The number of aromatic nitrogens is 1. The van der Waals surface area contributed by atoms with E-state index in [1.807, 2.05) is 6.20 Å². The van der Waals surface area contributed by atoms with Crippen LogP contribution in [-0.2, 0) is 5.41 Å². The van der Waals surface area contributed by atoms with Crippen LogP contribution in [0.25, 0.3) is 0 Å². The molecule has 2 aromatic rings. The first kappa shape index (κ1) is 17.7. The lowest BCUT2D eigenvalue weighted by Crippen LogP contribution is -2.53. The summed E-state index contributed by atoms with van der Waals surface area (Å²) in [4.78, 5) is 7.56. The maximum absolute atomic E-state index is 4.87. The summed E-state index contributed by atoms with van der Waals surface area (Å²) < 4.78 is 0. The molecule has 0 saturated carbocycles. The molecule has 4 rings (SSSR count). The Morgan fingerprint density at radius 3 is 2.58 bits per heavy atom. The van der Waals surface area contributed by atoms with Crippen LogP contribution in [0.4, 0.5) is 0 Å². The van der Waals surface area contributed by atoms with E-state index >= 15 is 0 Å². The van der Waals surface area contributed by atoms with Crippen molar-refractivity contribution in [1.29, 1.82) is 0 Å². The molecule has 3 heterocycles. The smallest absolute Gasteiger partial charge is 0.0479 e. The molecule has 2 N–H and O–H groups in total. The van der Waals surface area contributed by atoms with E-state index in [1.165, 1.54) is 16.8 Å². The molecule has 0 aliphatic carbocycles. The largest absolute Gasteiger partial charge is 0.317 e. The van der Waals surface area contributed by atoms with Crippen molar-refractivity contribution < 1.29 is 0 Å². The molecule has 4 nitrogen and oxygen atoms in total. The molecule has 0 bridgehead atoms. The third kappa shape index (κ3) is 3.68. The molecule has 0 radical (unpaired) electrons. The number of benzene rings is 1. The number of nitrogens with one attached hydrogen (secondary N) is 2. The highest BCUT2D eigenvalue weighted by Crippen LogP contribution is 2.36. The standard InChI is InChI=1S/C22H30N4/c1-18-7-8-21(25-15-18)22(9-11-23-12-10-22)17-26-14-13-24-16-20(26)19-5-3-2-4-6-19/h2-8,15,20,23-24H,9-14,16-17H2,1H3. The van der Waals surface area contributed by atoms with E-state index in [2.05, 4.69) is 64.9 Å². The lowest BCUT2D eigenvalue weighted by Gasteiger charge is -2.45. The van der Waals surface area contributed by atoms with E-state index in [9.17, 15) is 0 Å². The number of nitrogens with zero attached hydrogens (tertiary/aromatic N) is 2. The van der Waals surface area contributed by atoms with Crippen LogP contribution in [0.3, 0.4) is 0 Å². The first-order chi connectivity index (χ1) is 12.8. The molecular weight excluding hydrogens is 320 g/mol. The predicted molar refractivity (Wildman–Crippen MR) is 106 cm³/mol. The topological polar surface area (TPSA) is 40.2 Å². The summed E-state index contributed by atoms with van der Waals surface area (Å²) in [5.74, 6) is 0. The number of piperidine rings is 1. The average Bonchev–Trinajstić information content (AvgIpc) is 2.70. The van der Waals surface area contributed by atoms with Crippen LogP contribution in [0.2, 0.25) is 0 Å². The zero-order valence-corrected chi connectivity index (χ0v) is 15.7. The summed E-state index contributed by atoms with van der Waals surface area (Å²) >= 11 is 0. The van der Waals surface area contributed by atoms with Gasteiger partial charge in [0.1, 0.15) is 0 Å². The summed E-state index contributed by atoms with van der Waals surface area (Å²) in [5.41, 5.74) is 4.08. The molecule has 2 aliphatic heterocycles. The highest BCUT2D eigenvalue weighted by atomic mass is 15.2. The fraction of sp³-hybridized carbons (Fsp3) is 0.500. The molecule has 1 aromatic heterocycles. The van der Waals surface area contributed by atoms with Gasteiger partial charge in [-0.15, -0.1) is 0 Å². The Bertz CT molecular complexity index is 692. The Morgan fingerprint density at radius 1 is 1.04 bits per heavy atom. The number of rotatable bonds is 4. The third-order valence-corrected chi connectivity index (χ3v) is 6.06. The van der Waals surface area contributed by atoms with Crippen molar-refractivity contribution in [2.75, 3.05) is 39.3 Å². The lowest BCUT2D eigenvalue weighted by atomic mass is 9.74. The van der Waals surface area contributed by atoms with Gasteiger partial charge in [0.05, 0.1) is 0 Å². The number of hydrogen-bond acceptors (Lipinski definition) is 4. The van der Waals surface area contributed by atoms with Crippen LogP contribution in [0.15, 0.2) is 48.7 Å². The summed E-state index contributed by atoms with van der Waals surface area (Å²) in [5, 5.41) is 7.13. The molecule has 0 spiro atoms. The minimum Gasteiger partial charge on any atom is -0.317 e. The molecule has 4 heteroatoms. The van der Waals surface area contributed by atoms with E-state index in [4.69, 9.17) is 4.98 Å². The van der Waals surface area contributed by atoms with Crippen LogP contribution in [0.5, 0.6) is 0 Å². The normalized spacial score (nSPS) is 23.7. The second-order valence-electron chi connectivity index (χ2n) is 7.85. The number of pyridine rings is 1. The molecule has 1 unspecified atom stereocenters. The lowest BCUT2D eigenvalue weighted by molar-refractivity contribution is 0.106. The summed E-state index contributed by atoms with van der Waals surface area (Å²) in [7, 11) is 0. The summed E-state index contributed by atoms with van der Waals surface area (Å²) in [6.07, 6.45) is 4.36. The molecule has 2 saturated heterocycles. The number of aryl methyl sites for hydroxylation is 1. The molecule has 2 aliphatic rings. The Labute approximate surface area is 157 Å². The first-order valence-corrected chi connectivity index (χ1v) is 9.90. The first-order valence-electron chi connectivity index (χ1n) is 9.90. The van der Waals surface area contributed by atoms with E-state index in [1.54, 1.807) is 0 Å². The predicted octanol–water partition coefficient (Wildman–Crippen LogP) is 2.66. The maximum Gasteiger partial charge on any atom is 0.0479 e. The molecule has 26 heavy (non-hydrogen) atoms. The molecule has 138 valence electrons. The quantitative estimate of drug-likeness (QED) is 0.889. The van der Waals surface area contributed by atoms with E-state index in [0.717, 1.165) is 52.1 Å². The molecular formula is C22H30N4. The number of hydrogen-bond donors (Lipinski definition) is 2. The van der Waals surface area contributed by atoms with Crippen LogP contribution in [0, 0.1) is 6.92 Å². The van der Waals surface area contributed by atoms with Gasteiger partial charge in [0, 0.05) is 49.5 Å². The number of piperazine rings is 1. The third-order valence-electron chi connectivity index (χ3n) is 6.06. The van der Waals surface area contributed by atoms with Crippen molar-refractivity contribution in [3.63, 3.8) is 0 Å². The van der Waals surface area contributed by atoms with Crippen LogP contribution >= 0.6 is 0 Å². The van der Waals surface area contributed by atoms with E-state index in [0.29, 0.717) is 6.04 Å². The van der Waals surface area contributed by atoms with Gasteiger partial charge in [-0.2, -0.15) is 0 Å². The Kier molecular flexibility index (Phi) is 5.34. The highest BCUT2D eigenvalue weighted by Gasteiger charge is 2.39. The SMILES string of the molecule is Cc1ccc(C2(CN3CCNCC3c3ccccc3)CCNCC2)nc1. The summed E-state index contributed by atoms with van der Waals surface area (Å²) in [6, 6.07) is 15.9. The van der Waals surface area contributed by atoms with Gasteiger partial charge in [-0.3, -0.25) is 9.88 Å². The van der Waals surface area contributed by atoms with Crippen LogP contribution in [-0.4, -0.2) is 49.2 Å². The van der Waals surface area contributed by atoms with Gasteiger partial charge in [0.25, 0.3) is 0 Å². The van der Waals surface area contributed by atoms with Crippen molar-refractivity contribution >= 4 is 0 Å². The fourth-order valence-corrected chi connectivity index (χ4v) is 4.51. The second-order valence-corrected chi connectivity index (χ2v) is 7.85. The monoisotopic (exact) mass is 350 g/mol. The maximum atomic E-state index is 4.87. The fourth-order valence-electron chi connectivity index (χ4n) is 4.51. The van der Waals surface area contributed by atoms with Crippen molar-refractivity contribution in [2.45, 2.75) is 31.2 Å². The second kappa shape index (κ2) is 7.87. The van der Waals surface area contributed by atoms with Gasteiger partial charge in [-0.25, -0.2) is 0 Å². The van der Waals surface area contributed by atoms with Gasteiger partial charge >= 0.3 is 0 Å². The van der Waals surface area contributed by atoms with Gasteiger partial charge in [0.15, 0.2) is 0 Å². The van der Waals surface area contributed by atoms with Gasteiger partial charge in [-0.05, 0) is 50.0 Å². The Hall–Kier alpha value is -1.75. The van der Waals surface area contributed by atoms with Crippen LogP contribution < -0.4 is 10.6 Å². The highest BCUT2D eigenvalue weighted by molar-refractivity contribution is 5.24. The van der Waals surface area contributed by atoms with Crippen molar-refractivity contribution in [1.82, 2.24) is 20.5 Å². The Balaban J connectivity index is 1.62. The van der Waals surface area contributed by atoms with Crippen LogP contribution in [0.1, 0.15) is 35.7 Å². The zero-order chi connectivity index (χ0) is 17.8. The van der Waals surface area contributed by atoms with Gasteiger partial charge < -0.3 is 10.6 Å². The van der Waals surface area contributed by atoms with Gasteiger partial charge in [-0.1, -0.05) is 36.4 Å². The molecule has 0 amide bonds. The van der Waals surface area contributed by atoms with E-state index in [-0.39, 0.29) is 5.41 Å². The van der Waals surface area contributed by atoms with Gasteiger partial charge in [0.2, 0.25) is 0 Å². The van der Waals surface area contributed by atoms with E-state index < -0.39 is 0 Å². The zero-order valence-electron chi connectivity index (χ0n) is 15.7. The van der Waals surface area contributed by atoms with Crippen molar-refractivity contribution in [2.24, 2.45) is 0 Å². The molecule has 1 aromatic carbocycles.